The van der Waals surface area contributed by atoms with Crippen LogP contribution in [0.4, 0.5) is 101 Å². The van der Waals surface area contributed by atoms with E-state index in [9.17, 15) is 106 Å². The molecular formula is C16H2F23NO2. The third kappa shape index (κ3) is 4.57. The van der Waals surface area contributed by atoms with Crippen molar-refractivity contribution in [3.05, 3.63) is 28.8 Å². The van der Waals surface area contributed by atoms with Crippen LogP contribution in [0.5, 0.6) is 5.75 Å². The lowest BCUT2D eigenvalue weighted by Crippen LogP contribution is -2.76. The topological polar surface area (TPSA) is 52.3 Å². The first-order chi connectivity index (χ1) is 18.1. The Kier molecular flexibility index (Phi) is 8.52. The molecular weight excluding hydrogens is 675 g/mol. The van der Waals surface area contributed by atoms with Crippen molar-refractivity contribution < 1.29 is 111 Å². The van der Waals surface area contributed by atoms with Gasteiger partial charge in [0.1, 0.15) is 5.56 Å². The molecule has 0 radical (unpaired) electrons. The highest BCUT2D eigenvalue weighted by Gasteiger charge is 2.97. The highest BCUT2D eigenvalue weighted by molar-refractivity contribution is 5.96. The number of carbonyl (C=O) groups excluding carboxylic acids is 1. The Bertz CT molecular complexity index is 1230. The van der Waals surface area contributed by atoms with E-state index in [1.165, 1.54) is 0 Å². The summed E-state index contributed by atoms with van der Waals surface area (Å²) in [5, 5.41) is 0. The van der Waals surface area contributed by atoms with Crippen molar-refractivity contribution in [2.75, 3.05) is 0 Å². The standard InChI is InChI=1S/C16H2F23NO2/c17-2-1(7(40)41)6(5(20)4(19)3(2)18)42-16(38,39)14(33,34)12(29,30)10(25,26)8(21,22)9(23,24)11(27,28)13(31,32)15(35,36)37/h(H2,40,41). The summed E-state index contributed by atoms with van der Waals surface area (Å²) in [6, 6.07) is 0. The lowest BCUT2D eigenvalue weighted by Gasteiger charge is -2.43. The van der Waals surface area contributed by atoms with Gasteiger partial charge in [-0.05, 0) is 0 Å². The molecule has 1 rings (SSSR count). The number of nitrogens with two attached hydrogens (primary N) is 1. The van der Waals surface area contributed by atoms with Crippen LogP contribution in [-0.4, -0.2) is 59.6 Å². The fraction of sp³-hybridized carbons (Fsp3) is 0.562. The molecule has 0 fully saturated rings. The van der Waals surface area contributed by atoms with Crippen LogP contribution >= 0.6 is 0 Å². The summed E-state index contributed by atoms with van der Waals surface area (Å²) < 4.78 is 308. The normalized spacial score (nSPS) is 15.2. The molecule has 0 saturated heterocycles. The van der Waals surface area contributed by atoms with Crippen molar-refractivity contribution in [1.29, 1.82) is 0 Å². The van der Waals surface area contributed by atoms with Gasteiger partial charge in [-0.3, -0.25) is 4.79 Å². The van der Waals surface area contributed by atoms with Crippen molar-refractivity contribution in [2.24, 2.45) is 5.73 Å². The summed E-state index contributed by atoms with van der Waals surface area (Å²) in [4.78, 5) is 11.0. The van der Waals surface area contributed by atoms with E-state index in [0.29, 0.717) is 0 Å². The molecule has 0 aliphatic rings. The van der Waals surface area contributed by atoms with Crippen molar-refractivity contribution in [3.63, 3.8) is 0 Å². The average molecular weight is 677 g/mol. The number of alkyl halides is 19. The number of halogens is 23. The predicted octanol–water partition coefficient (Wildman–Crippen LogP) is 7.32. The Morgan fingerprint density at radius 2 is 0.738 bits per heavy atom. The molecule has 0 saturated carbocycles. The zero-order chi connectivity index (χ0) is 34.2. The van der Waals surface area contributed by atoms with Crippen LogP contribution in [0.25, 0.3) is 0 Å². The quantitative estimate of drug-likeness (QED) is 0.160. The van der Waals surface area contributed by atoms with E-state index in [-0.39, 0.29) is 0 Å². The number of amides is 1. The molecule has 42 heavy (non-hydrogen) atoms. The van der Waals surface area contributed by atoms with E-state index in [0.717, 1.165) is 0 Å². The predicted molar refractivity (Wildman–Crippen MR) is 81.1 cm³/mol. The molecule has 0 bridgehead atoms. The summed E-state index contributed by atoms with van der Waals surface area (Å²) in [6.07, 6.45) is -16.1. The maximum absolute atomic E-state index is 13.9. The largest absolute Gasteiger partial charge is 0.471 e. The molecule has 0 aromatic heterocycles. The number of benzene rings is 1. The number of primary amides is 1. The summed E-state index contributed by atoms with van der Waals surface area (Å²) in [6.45, 7) is 0. The molecule has 1 amide bonds. The molecule has 0 aliphatic carbocycles. The first-order valence-corrected chi connectivity index (χ1v) is 9.00. The summed E-state index contributed by atoms with van der Waals surface area (Å²) >= 11 is 0. The van der Waals surface area contributed by atoms with Gasteiger partial charge in [0.15, 0.2) is 17.4 Å². The molecule has 0 atom stereocenters. The highest BCUT2D eigenvalue weighted by Crippen LogP contribution is 2.65. The van der Waals surface area contributed by atoms with Gasteiger partial charge in [0.05, 0.1) is 0 Å². The zero-order valence-electron chi connectivity index (χ0n) is 18.1. The second-order valence-electron chi connectivity index (χ2n) is 7.46. The molecule has 0 spiro atoms. The van der Waals surface area contributed by atoms with Gasteiger partial charge in [0, 0.05) is 0 Å². The van der Waals surface area contributed by atoms with Gasteiger partial charge in [-0.1, -0.05) is 0 Å². The van der Waals surface area contributed by atoms with Crippen LogP contribution in [0.2, 0.25) is 0 Å². The number of carbonyl (C=O) groups is 1. The summed E-state index contributed by atoms with van der Waals surface area (Å²) in [7, 11) is 0. The molecule has 0 unspecified atom stereocenters. The van der Waals surface area contributed by atoms with Crippen molar-refractivity contribution in [1.82, 2.24) is 0 Å². The number of rotatable bonds is 10. The van der Waals surface area contributed by atoms with Crippen molar-refractivity contribution in [2.45, 2.75) is 53.7 Å². The SMILES string of the molecule is NC(=O)c1c(F)c(F)c(F)c(F)c1OC(F)(F)C(F)(F)C(F)(F)C(F)(F)C(F)(F)C(F)(F)C(F)(F)C(F)(F)C(F)(F)F. The molecule has 3 nitrogen and oxygen atoms in total. The van der Waals surface area contributed by atoms with Gasteiger partial charge < -0.3 is 10.5 Å². The van der Waals surface area contributed by atoms with E-state index in [1.807, 2.05) is 0 Å². The van der Waals surface area contributed by atoms with Crippen LogP contribution in [-0.2, 0) is 0 Å². The Hall–Kier alpha value is -3.12. The molecule has 1 aromatic carbocycles. The zero-order valence-corrected chi connectivity index (χ0v) is 18.1. The minimum atomic E-state index is -9.29. The van der Waals surface area contributed by atoms with Gasteiger partial charge in [-0.2, -0.15) is 87.8 Å². The van der Waals surface area contributed by atoms with Crippen LogP contribution in [0.15, 0.2) is 0 Å². The molecule has 0 heterocycles. The average Bonchev–Trinajstić information content (AvgIpc) is 2.79. The first-order valence-electron chi connectivity index (χ1n) is 9.00. The summed E-state index contributed by atoms with van der Waals surface area (Å²) in [5.41, 5.74) is 1.23. The molecule has 2 N–H and O–H groups in total. The monoisotopic (exact) mass is 677 g/mol. The highest BCUT2D eigenvalue weighted by atomic mass is 19.4. The van der Waals surface area contributed by atoms with E-state index in [1.54, 1.807) is 0 Å². The maximum atomic E-state index is 13.9. The smallest absolute Gasteiger partial charge is 0.424 e. The third-order valence-electron chi connectivity index (χ3n) is 4.79. The lowest BCUT2D eigenvalue weighted by atomic mass is 9.88. The molecule has 26 heteroatoms. The van der Waals surface area contributed by atoms with E-state index >= 15 is 0 Å². The lowest BCUT2D eigenvalue weighted by molar-refractivity contribution is -0.476. The minimum absolute atomic E-state index is 2.28. The van der Waals surface area contributed by atoms with Gasteiger partial charge in [0.25, 0.3) is 5.91 Å². The number of ether oxygens (including phenoxy) is 1. The third-order valence-corrected chi connectivity index (χ3v) is 4.79. The Balaban J connectivity index is 3.90. The van der Waals surface area contributed by atoms with Crippen LogP contribution in [0.1, 0.15) is 10.4 Å². The van der Waals surface area contributed by atoms with Gasteiger partial charge >= 0.3 is 53.7 Å². The van der Waals surface area contributed by atoms with Crippen molar-refractivity contribution >= 4 is 5.91 Å². The van der Waals surface area contributed by atoms with Crippen molar-refractivity contribution in [3.8, 4) is 5.75 Å². The second-order valence-corrected chi connectivity index (χ2v) is 7.46. The summed E-state index contributed by atoms with van der Waals surface area (Å²) in [5.74, 6) is -82.9. The van der Waals surface area contributed by atoms with Crippen LogP contribution in [0, 0.1) is 23.3 Å². The Morgan fingerprint density at radius 1 is 0.452 bits per heavy atom. The van der Waals surface area contributed by atoms with E-state index in [4.69, 9.17) is 0 Å². The fourth-order valence-corrected chi connectivity index (χ4v) is 2.47. The first kappa shape index (κ1) is 36.9. The van der Waals surface area contributed by atoms with Crippen LogP contribution < -0.4 is 10.5 Å². The fourth-order valence-electron chi connectivity index (χ4n) is 2.47. The van der Waals surface area contributed by atoms with E-state index in [2.05, 4.69) is 10.5 Å². The van der Waals surface area contributed by atoms with Gasteiger partial charge in [0.2, 0.25) is 11.6 Å². The van der Waals surface area contributed by atoms with Crippen LogP contribution in [0.3, 0.4) is 0 Å². The minimum Gasteiger partial charge on any atom is -0.424 e. The number of hydrogen-bond acceptors (Lipinski definition) is 2. The Morgan fingerprint density at radius 3 is 1.05 bits per heavy atom. The molecule has 1 aromatic rings. The number of hydrogen-bond donors (Lipinski definition) is 1. The van der Waals surface area contributed by atoms with Gasteiger partial charge in [-0.15, -0.1) is 0 Å². The second kappa shape index (κ2) is 9.70. The maximum Gasteiger partial charge on any atom is 0.471 e. The van der Waals surface area contributed by atoms with E-state index < -0.39 is 94.2 Å². The molecule has 244 valence electrons. The Labute approximate surface area is 212 Å². The van der Waals surface area contributed by atoms with Gasteiger partial charge in [-0.25, -0.2) is 13.2 Å². The molecule has 0 aliphatic heterocycles.